The summed E-state index contributed by atoms with van der Waals surface area (Å²) in [5.74, 6) is 0.713. The zero-order chi connectivity index (χ0) is 33.7. The van der Waals surface area contributed by atoms with Gasteiger partial charge >= 0.3 is 0 Å². The lowest BCUT2D eigenvalue weighted by molar-refractivity contribution is 1.18. The summed E-state index contributed by atoms with van der Waals surface area (Å²) in [6, 6.07) is 66.8. The molecule has 0 saturated carbocycles. The van der Waals surface area contributed by atoms with Crippen molar-refractivity contribution in [2.24, 2.45) is 0 Å². The first-order chi connectivity index (χ1) is 25.3. The third-order valence-electron chi connectivity index (χ3n) is 10.0. The van der Waals surface area contributed by atoms with E-state index in [1.807, 2.05) is 18.2 Å². The van der Waals surface area contributed by atoms with E-state index in [9.17, 15) is 0 Å². The van der Waals surface area contributed by atoms with Crippen LogP contribution in [0.15, 0.2) is 188 Å². The average Bonchev–Trinajstić information content (AvgIpc) is 3.55. The SMILES string of the molecule is c1ccc(-c2nc(-c3ccc4ccccc4c3)cc(-c3ccc(-c4ccc(-n5c6ccccc6c6ccccc65)cc4)c4ccccc34)n2)cc1. The molecule has 0 N–H and O–H groups in total. The van der Waals surface area contributed by atoms with Gasteiger partial charge in [0.05, 0.1) is 22.4 Å². The number of benzene rings is 8. The van der Waals surface area contributed by atoms with Gasteiger partial charge in [0.2, 0.25) is 0 Å². The molecule has 0 aliphatic carbocycles. The van der Waals surface area contributed by atoms with Crippen molar-refractivity contribution in [3.05, 3.63) is 188 Å². The molecule has 10 rings (SSSR count). The van der Waals surface area contributed by atoms with E-state index in [1.54, 1.807) is 0 Å². The van der Waals surface area contributed by atoms with Crippen LogP contribution in [0, 0.1) is 0 Å². The van der Waals surface area contributed by atoms with Crippen molar-refractivity contribution in [3.63, 3.8) is 0 Å². The van der Waals surface area contributed by atoms with Crippen LogP contribution in [-0.2, 0) is 0 Å². The van der Waals surface area contributed by atoms with Gasteiger partial charge in [-0.2, -0.15) is 0 Å². The van der Waals surface area contributed by atoms with Gasteiger partial charge in [0.25, 0.3) is 0 Å². The monoisotopic (exact) mass is 649 g/mol. The maximum absolute atomic E-state index is 5.19. The van der Waals surface area contributed by atoms with Gasteiger partial charge in [-0.3, -0.25) is 0 Å². The van der Waals surface area contributed by atoms with Crippen LogP contribution in [0.4, 0.5) is 0 Å². The molecule has 0 amide bonds. The topological polar surface area (TPSA) is 30.7 Å². The summed E-state index contributed by atoms with van der Waals surface area (Å²) in [6.07, 6.45) is 0. The molecule has 2 aromatic heterocycles. The highest BCUT2D eigenvalue weighted by Crippen LogP contribution is 2.38. The van der Waals surface area contributed by atoms with Crippen LogP contribution in [-0.4, -0.2) is 14.5 Å². The Labute approximate surface area is 295 Å². The van der Waals surface area contributed by atoms with Crippen molar-refractivity contribution < 1.29 is 0 Å². The number of nitrogens with zero attached hydrogens (tertiary/aromatic N) is 3. The maximum atomic E-state index is 5.19. The fourth-order valence-electron chi connectivity index (χ4n) is 7.56. The molecule has 8 aromatic carbocycles. The number of para-hydroxylation sites is 2. The minimum absolute atomic E-state index is 0.713. The first-order valence-electron chi connectivity index (χ1n) is 17.3. The lowest BCUT2D eigenvalue weighted by Crippen LogP contribution is -1.97. The minimum atomic E-state index is 0.713. The molecule has 0 aliphatic rings. The van der Waals surface area contributed by atoms with E-state index in [0.29, 0.717) is 5.82 Å². The van der Waals surface area contributed by atoms with E-state index in [0.717, 1.165) is 39.2 Å². The zero-order valence-corrected chi connectivity index (χ0v) is 27.7. The lowest BCUT2D eigenvalue weighted by atomic mass is 9.93. The van der Waals surface area contributed by atoms with Crippen LogP contribution in [0.1, 0.15) is 0 Å². The molecule has 238 valence electrons. The quantitative estimate of drug-likeness (QED) is 0.186. The Morgan fingerprint density at radius 2 is 0.882 bits per heavy atom. The fourth-order valence-corrected chi connectivity index (χ4v) is 7.56. The second-order valence-corrected chi connectivity index (χ2v) is 13.0. The third-order valence-corrected chi connectivity index (χ3v) is 10.0. The molecule has 0 spiro atoms. The van der Waals surface area contributed by atoms with E-state index >= 15 is 0 Å². The molecule has 0 bridgehead atoms. The molecule has 0 fully saturated rings. The third kappa shape index (κ3) is 4.98. The van der Waals surface area contributed by atoms with Gasteiger partial charge in [-0.25, -0.2) is 9.97 Å². The summed E-state index contributed by atoms with van der Waals surface area (Å²) >= 11 is 0. The van der Waals surface area contributed by atoms with E-state index in [4.69, 9.17) is 9.97 Å². The highest BCUT2D eigenvalue weighted by molar-refractivity contribution is 6.09. The Bertz CT molecular complexity index is 2850. The summed E-state index contributed by atoms with van der Waals surface area (Å²) in [6.45, 7) is 0. The van der Waals surface area contributed by atoms with E-state index in [1.165, 1.54) is 49.1 Å². The highest BCUT2D eigenvalue weighted by atomic mass is 15.0. The van der Waals surface area contributed by atoms with Crippen molar-refractivity contribution in [1.82, 2.24) is 14.5 Å². The molecule has 0 unspecified atom stereocenters. The first kappa shape index (κ1) is 29.1. The number of hydrogen-bond donors (Lipinski definition) is 0. The Hall–Kier alpha value is -6.84. The van der Waals surface area contributed by atoms with Crippen LogP contribution in [0.25, 0.3) is 94.1 Å². The second kappa shape index (κ2) is 11.9. The predicted octanol–water partition coefficient (Wildman–Crippen LogP) is 12.5. The molecule has 0 saturated heterocycles. The fraction of sp³-hybridized carbons (Fsp3) is 0. The van der Waals surface area contributed by atoms with Crippen molar-refractivity contribution in [1.29, 1.82) is 0 Å². The number of aromatic nitrogens is 3. The van der Waals surface area contributed by atoms with Crippen molar-refractivity contribution in [2.75, 3.05) is 0 Å². The maximum Gasteiger partial charge on any atom is 0.160 e. The van der Waals surface area contributed by atoms with Crippen LogP contribution in [0.5, 0.6) is 0 Å². The number of rotatable bonds is 5. The van der Waals surface area contributed by atoms with Gasteiger partial charge in [0.1, 0.15) is 0 Å². The Kier molecular flexibility index (Phi) is 6.81. The number of hydrogen-bond acceptors (Lipinski definition) is 2. The van der Waals surface area contributed by atoms with Gasteiger partial charge in [-0.15, -0.1) is 0 Å². The molecule has 51 heavy (non-hydrogen) atoms. The molecule has 3 nitrogen and oxygen atoms in total. The van der Waals surface area contributed by atoms with Crippen LogP contribution in [0.3, 0.4) is 0 Å². The Morgan fingerprint density at radius 1 is 0.333 bits per heavy atom. The molecule has 0 atom stereocenters. The van der Waals surface area contributed by atoms with Crippen LogP contribution >= 0.6 is 0 Å². The Balaban J connectivity index is 1.10. The van der Waals surface area contributed by atoms with Gasteiger partial charge in [0, 0.05) is 33.2 Å². The summed E-state index contributed by atoms with van der Waals surface area (Å²) < 4.78 is 2.36. The van der Waals surface area contributed by atoms with E-state index in [-0.39, 0.29) is 0 Å². The smallest absolute Gasteiger partial charge is 0.160 e. The first-order valence-corrected chi connectivity index (χ1v) is 17.3. The minimum Gasteiger partial charge on any atom is -0.309 e. The summed E-state index contributed by atoms with van der Waals surface area (Å²) in [5.41, 5.74) is 10.9. The summed E-state index contributed by atoms with van der Waals surface area (Å²) in [4.78, 5) is 10.3. The molecule has 2 heterocycles. The van der Waals surface area contributed by atoms with Gasteiger partial charge < -0.3 is 4.57 Å². The zero-order valence-electron chi connectivity index (χ0n) is 27.7. The highest BCUT2D eigenvalue weighted by Gasteiger charge is 2.16. The van der Waals surface area contributed by atoms with Gasteiger partial charge in [-0.05, 0) is 69.1 Å². The lowest BCUT2D eigenvalue weighted by Gasteiger charge is -2.15. The van der Waals surface area contributed by atoms with Crippen molar-refractivity contribution in [3.8, 4) is 50.7 Å². The van der Waals surface area contributed by atoms with Crippen molar-refractivity contribution >= 4 is 43.4 Å². The van der Waals surface area contributed by atoms with E-state index < -0.39 is 0 Å². The normalized spacial score (nSPS) is 11.5. The van der Waals surface area contributed by atoms with Crippen LogP contribution in [0.2, 0.25) is 0 Å². The summed E-state index contributed by atoms with van der Waals surface area (Å²) in [7, 11) is 0. The molecule has 10 aromatic rings. The average molecular weight is 650 g/mol. The summed E-state index contributed by atoms with van der Waals surface area (Å²) in [5, 5.41) is 7.28. The molecule has 3 heteroatoms. The molecular weight excluding hydrogens is 619 g/mol. The second-order valence-electron chi connectivity index (χ2n) is 13.0. The molecule has 0 aliphatic heterocycles. The van der Waals surface area contributed by atoms with Crippen LogP contribution < -0.4 is 0 Å². The Morgan fingerprint density at radius 3 is 1.61 bits per heavy atom. The molecular formula is C48H31N3. The van der Waals surface area contributed by atoms with Crippen molar-refractivity contribution in [2.45, 2.75) is 0 Å². The largest absolute Gasteiger partial charge is 0.309 e. The van der Waals surface area contributed by atoms with E-state index in [2.05, 4.69) is 174 Å². The molecule has 0 radical (unpaired) electrons. The predicted molar refractivity (Wildman–Crippen MR) is 213 cm³/mol. The number of fused-ring (bicyclic) bond motifs is 5. The van der Waals surface area contributed by atoms with Gasteiger partial charge in [0.15, 0.2) is 5.82 Å². The van der Waals surface area contributed by atoms with Gasteiger partial charge in [-0.1, -0.05) is 152 Å². The standard InChI is InChI=1S/C48H31N3/c1-2-13-34(14-3-1)48-49-44(36-23-22-32-12-4-5-15-35(32)30-36)31-45(50-48)41-29-28-38(39-16-6-7-17-40(39)41)33-24-26-37(27-25-33)51-46-20-10-8-18-42(46)43-19-9-11-21-47(43)51/h1-31H.